The predicted octanol–water partition coefficient (Wildman–Crippen LogP) is 3.37. The van der Waals surface area contributed by atoms with E-state index in [-0.39, 0.29) is 7.92 Å². The van der Waals surface area contributed by atoms with Gasteiger partial charge in [-0.1, -0.05) is 33.4 Å². The molecule has 0 aromatic rings. The number of hydrogen-bond acceptors (Lipinski definition) is 0. The molecule has 0 spiro atoms. The Hall–Kier alpha value is -0.0100. The SMILES string of the molecule is C#CP(CC(C)C)CC(C)C. The zero-order valence-electron chi connectivity index (χ0n) is 8.09. The van der Waals surface area contributed by atoms with Gasteiger partial charge in [0.2, 0.25) is 0 Å². The maximum Gasteiger partial charge on any atom is -0.0191 e. The molecule has 0 bridgehead atoms. The minimum atomic E-state index is -0.110. The lowest BCUT2D eigenvalue weighted by atomic mass is 10.3. The van der Waals surface area contributed by atoms with E-state index in [9.17, 15) is 0 Å². The van der Waals surface area contributed by atoms with Crippen LogP contribution < -0.4 is 0 Å². The molecule has 0 nitrogen and oxygen atoms in total. The van der Waals surface area contributed by atoms with E-state index in [0.717, 1.165) is 11.8 Å². The molecular weight excluding hydrogens is 151 g/mol. The summed E-state index contributed by atoms with van der Waals surface area (Å²) in [5, 5.41) is 0. The fourth-order valence-corrected chi connectivity index (χ4v) is 3.18. The van der Waals surface area contributed by atoms with E-state index in [2.05, 4.69) is 33.4 Å². The van der Waals surface area contributed by atoms with Crippen LogP contribution in [0.25, 0.3) is 0 Å². The highest BCUT2D eigenvalue weighted by Gasteiger charge is 2.08. The van der Waals surface area contributed by atoms with Gasteiger partial charge in [-0.05, 0) is 32.1 Å². The molecule has 0 rings (SSSR count). The van der Waals surface area contributed by atoms with Crippen molar-refractivity contribution in [2.75, 3.05) is 12.3 Å². The molecule has 0 saturated heterocycles. The van der Waals surface area contributed by atoms with E-state index >= 15 is 0 Å². The molecule has 0 aromatic heterocycles. The van der Waals surface area contributed by atoms with Crippen LogP contribution in [0.3, 0.4) is 0 Å². The summed E-state index contributed by atoms with van der Waals surface area (Å²) in [4.78, 5) is 0. The molecule has 0 heterocycles. The molecule has 0 aliphatic rings. The summed E-state index contributed by atoms with van der Waals surface area (Å²) in [5.41, 5.74) is 2.93. The largest absolute Gasteiger partial charge is 0.115 e. The summed E-state index contributed by atoms with van der Waals surface area (Å²) < 4.78 is 0. The quantitative estimate of drug-likeness (QED) is 0.448. The van der Waals surface area contributed by atoms with Crippen LogP contribution in [0.15, 0.2) is 0 Å². The van der Waals surface area contributed by atoms with Crippen LogP contribution in [0, 0.1) is 23.9 Å². The van der Waals surface area contributed by atoms with Gasteiger partial charge in [0.05, 0.1) is 0 Å². The van der Waals surface area contributed by atoms with E-state index in [1.807, 2.05) is 0 Å². The van der Waals surface area contributed by atoms with Crippen LogP contribution in [-0.4, -0.2) is 12.3 Å². The highest BCUT2D eigenvalue weighted by molar-refractivity contribution is 7.62. The Kier molecular flexibility index (Phi) is 5.61. The van der Waals surface area contributed by atoms with Gasteiger partial charge < -0.3 is 0 Å². The lowest BCUT2D eigenvalue weighted by Gasteiger charge is -2.15. The summed E-state index contributed by atoms with van der Waals surface area (Å²) in [7, 11) is -0.110. The molecule has 0 saturated carbocycles. The van der Waals surface area contributed by atoms with Crippen molar-refractivity contribution in [3.05, 3.63) is 0 Å². The van der Waals surface area contributed by atoms with Crippen molar-refractivity contribution < 1.29 is 0 Å². The Bertz CT molecular complexity index is 120. The molecule has 1 heteroatoms. The first-order valence-corrected chi connectivity index (χ1v) is 5.98. The Balaban J connectivity index is 3.70. The second kappa shape index (κ2) is 5.62. The third kappa shape index (κ3) is 6.39. The first-order valence-electron chi connectivity index (χ1n) is 4.27. The Labute approximate surface area is 72.5 Å². The zero-order chi connectivity index (χ0) is 8.85. The molecule has 0 aliphatic carbocycles. The first kappa shape index (κ1) is 11.0. The highest BCUT2D eigenvalue weighted by Crippen LogP contribution is 2.37. The summed E-state index contributed by atoms with van der Waals surface area (Å²) in [6.45, 7) is 8.97. The van der Waals surface area contributed by atoms with Crippen molar-refractivity contribution in [3.63, 3.8) is 0 Å². The van der Waals surface area contributed by atoms with Crippen molar-refractivity contribution in [2.45, 2.75) is 27.7 Å². The van der Waals surface area contributed by atoms with Gasteiger partial charge in [0.1, 0.15) is 0 Å². The second-order valence-corrected chi connectivity index (χ2v) is 5.89. The minimum absolute atomic E-state index is 0.110. The summed E-state index contributed by atoms with van der Waals surface area (Å²) in [6, 6.07) is 0. The second-order valence-electron chi connectivity index (χ2n) is 3.82. The molecule has 0 aliphatic heterocycles. The van der Waals surface area contributed by atoms with Crippen LogP contribution in [0.4, 0.5) is 0 Å². The smallest absolute Gasteiger partial charge is 0.0191 e. The average Bonchev–Trinajstić information content (AvgIpc) is 1.84. The number of rotatable bonds is 4. The third-order valence-corrected chi connectivity index (χ3v) is 4.06. The fraction of sp³-hybridized carbons (Fsp3) is 0.800. The van der Waals surface area contributed by atoms with Gasteiger partial charge in [-0.2, -0.15) is 0 Å². The molecule has 0 amide bonds. The maximum absolute atomic E-state index is 5.45. The normalized spacial score (nSPS) is 11.1. The molecule has 0 aromatic carbocycles. The Morgan fingerprint density at radius 2 is 1.45 bits per heavy atom. The van der Waals surface area contributed by atoms with Gasteiger partial charge in [-0.3, -0.25) is 0 Å². The molecular formula is C10H19P. The van der Waals surface area contributed by atoms with Crippen molar-refractivity contribution in [3.8, 4) is 12.1 Å². The highest BCUT2D eigenvalue weighted by atomic mass is 31.1. The van der Waals surface area contributed by atoms with Crippen molar-refractivity contribution in [1.82, 2.24) is 0 Å². The van der Waals surface area contributed by atoms with Crippen LogP contribution in [-0.2, 0) is 0 Å². The Morgan fingerprint density at radius 1 is 1.09 bits per heavy atom. The zero-order valence-corrected chi connectivity index (χ0v) is 8.99. The van der Waals surface area contributed by atoms with Gasteiger partial charge in [0.25, 0.3) is 0 Å². The van der Waals surface area contributed by atoms with Crippen molar-refractivity contribution in [2.24, 2.45) is 11.8 Å². The molecule has 11 heavy (non-hydrogen) atoms. The van der Waals surface area contributed by atoms with Crippen LogP contribution in [0.2, 0.25) is 0 Å². The molecule has 0 unspecified atom stereocenters. The van der Waals surface area contributed by atoms with E-state index < -0.39 is 0 Å². The first-order chi connectivity index (χ1) is 5.06. The maximum atomic E-state index is 5.45. The van der Waals surface area contributed by atoms with Gasteiger partial charge in [-0.15, -0.1) is 6.42 Å². The van der Waals surface area contributed by atoms with E-state index in [0.29, 0.717) is 0 Å². The number of terminal acetylenes is 1. The lowest BCUT2D eigenvalue weighted by molar-refractivity contribution is 0.721. The minimum Gasteiger partial charge on any atom is -0.115 e. The van der Waals surface area contributed by atoms with Gasteiger partial charge in [0, 0.05) is 0 Å². The number of hydrogen-bond donors (Lipinski definition) is 0. The average molecular weight is 170 g/mol. The van der Waals surface area contributed by atoms with Gasteiger partial charge in [-0.25, -0.2) is 0 Å². The Morgan fingerprint density at radius 3 is 1.64 bits per heavy atom. The molecule has 0 N–H and O–H groups in total. The van der Waals surface area contributed by atoms with Crippen LogP contribution in [0.1, 0.15) is 27.7 Å². The van der Waals surface area contributed by atoms with Crippen molar-refractivity contribution in [1.29, 1.82) is 0 Å². The lowest BCUT2D eigenvalue weighted by Crippen LogP contribution is -2.00. The molecule has 0 fully saturated rings. The monoisotopic (exact) mass is 170 g/mol. The standard InChI is InChI=1S/C10H19P/c1-6-11(7-9(2)3)8-10(4)5/h1,9-10H,7-8H2,2-5H3. The van der Waals surface area contributed by atoms with E-state index in [1.54, 1.807) is 0 Å². The van der Waals surface area contributed by atoms with Crippen molar-refractivity contribution >= 4 is 7.92 Å². The summed E-state index contributed by atoms with van der Waals surface area (Å²) >= 11 is 0. The van der Waals surface area contributed by atoms with Crippen LogP contribution >= 0.6 is 7.92 Å². The van der Waals surface area contributed by atoms with Gasteiger partial charge >= 0.3 is 0 Å². The van der Waals surface area contributed by atoms with Crippen LogP contribution in [0.5, 0.6) is 0 Å². The predicted molar refractivity (Wildman–Crippen MR) is 55.2 cm³/mol. The summed E-state index contributed by atoms with van der Waals surface area (Å²) in [5.74, 6) is 1.52. The molecule has 0 atom stereocenters. The fourth-order valence-electron chi connectivity index (χ4n) is 1.06. The van der Waals surface area contributed by atoms with E-state index in [1.165, 1.54) is 12.3 Å². The third-order valence-electron chi connectivity index (χ3n) is 1.35. The molecule has 64 valence electrons. The summed E-state index contributed by atoms with van der Waals surface area (Å²) in [6.07, 6.45) is 7.93. The van der Waals surface area contributed by atoms with Gasteiger partial charge in [0.15, 0.2) is 0 Å². The van der Waals surface area contributed by atoms with E-state index in [4.69, 9.17) is 6.42 Å². The molecule has 0 radical (unpaired) electrons. The topological polar surface area (TPSA) is 0 Å².